The van der Waals surface area contributed by atoms with Gasteiger partial charge in [0.1, 0.15) is 5.75 Å². The minimum atomic E-state index is -0.276. The SMILES string of the molecule is COc1ccc(C(=O)Nc2onc3c2CC(C)CC3)cc1Cl. The summed E-state index contributed by atoms with van der Waals surface area (Å²) in [6.07, 6.45) is 2.86. The molecule has 1 unspecified atom stereocenters. The van der Waals surface area contributed by atoms with Crippen LogP contribution in [0, 0.1) is 5.92 Å². The van der Waals surface area contributed by atoms with Gasteiger partial charge in [-0.25, -0.2) is 0 Å². The summed E-state index contributed by atoms with van der Waals surface area (Å²) in [5.41, 5.74) is 2.40. The van der Waals surface area contributed by atoms with Gasteiger partial charge in [0.2, 0.25) is 5.88 Å². The predicted octanol–water partition coefficient (Wildman–Crippen LogP) is 3.71. The molecule has 1 aliphatic rings. The average Bonchev–Trinajstić information content (AvgIpc) is 2.89. The highest BCUT2D eigenvalue weighted by Crippen LogP contribution is 2.31. The molecule has 0 saturated carbocycles. The second-order valence-electron chi connectivity index (χ2n) is 5.59. The number of hydrogen-bond donors (Lipinski definition) is 1. The van der Waals surface area contributed by atoms with E-state index in [0.717, 1.165) is 30.5 Å². The van der Waals surface area contributed by atoms with Crippen LogP contribution in [0.5, 0.6) is 5.75 Å². The second kappa shape index (κ2) is 6.01. The molecule has 1 aliphatic carbocycles. The Morgan fingerprint density at radius 3 is 3.05 bits per heavy atom. The van der Waals surface area contributed by atoms with Crippen molar-refractivity contribution in [1.29, 1.82) is 0 Å². The predicted molar refractivity (Wildman–Crippen MR) is 83.6 cm³/mol. The molecule has 0 radical (unpaired) electrons. The first-order valence-corrected chi connectivity index (χ1v) is 7.58. The monoisotopic (exact) mass is 320 g/mol. The maximum absolute atomic E-state index is 12.3. The number of fused-ring (bicyclic) bond motifs is 1. The number of hydrogen-bond acceptors (Lipinski definition) is 4. The van der Waals surface area contributed by atoms with Gasteiger partial charge in [-0.2, -0.15) is 0 Å². The van der Waals surface area contributed by atoms with E-state index < -0.39 is 0 Å². The quantitative estimate of drug-likeness (QED) is 0.936. The lowest BCUT2D eigenvalue weighted by molar-refractivity contribution is 0.102. The summed E-state index contributed by atoms with van der Waals surface area (Å²) in [5.74, 6) is 1.27. The normalized spacial score (nSPS) is 17.0. The first kappa shape index (κ1) is 14.9. The molecule has 1 aromatic carbocycles. The van der Waals surface area contributed by atoms with E-state index in [0.29, 0.717) is 28.1 Å². The van der Waals surface area contributed by atoms with Crippen molar-refractivity contribution in [3.8, 4) is 5.75 Å². The van der Waals surface area contributed by atoms with E-state index in [1.807, 2.05) is 0 Å². The second-order valence-corrected chi connectivity index (χ2v) is 6.00. The van der Waals surface area contributed by atoms with Crippen LogP contribution in [0.2, 0.25) is 5.02 Å². The lowest BCUT2D eigenvalue weighted by atomic mass is 9.89. The van der Waals surface area contributed by atoms with Crippen LogP contribution < -0.4 is 10.1 Å². The summed E-state index contributed by atoms with van der Waals surface area (Å²) in [6.45, 7) is 2.19. The van der Waals surface area contributed by atoms with Crippen LogP contribution in [-0.4, -0.2) is 18.2 Å². The molecule has 0 aliphatic heterocycles. The molecule has 1 N–H and O–H groups in total. The van der Waals surface area contributed by atoms with Crippen LogP contribution in [0.4, 0.5) is 5.88 Å². The Bertz CT molecular complexity index is 711. The van der Waals surface area contributed by atoms with Gasteiger partial charge in [-0.1, -0.05) is 23.7 Å². The first-order chi connectivity index (χ1) is 10.6. The fraction of sp³-hybridized carbons (Fsp3) is 0.375. The van der Waals surface area contributed by atoms with Crippen LogP contribution in [-0.2, 0) is 12.8 Å². The molecule has 1 amide bonds. The Balaban J connectivity index is 1.80. The molecule has 1 aromatic heterocycles. The molecular formula is C16H17ClN2O3. The van der Waals surface area contributed by atoms with Crippen LogP contribution in [0.1, 0.15) is 35.0 Å². The summed E-state index contributed by atoms with van der Waals surface area (Å²) in [7, 11) is 1.53. The topological polar surface area (TPSA) is 64.4 Å². The number of benzene rings is 1. The van der Waals surface area contributed by atoms with E-state index >= 15 is 0 Å². The average molecular weight is 321 g/mol. The van der Waals surface area contributed by atoms with Crippen molar-refractivity contribution in [2.24, 2.45) is 5.92 Å². The Morgan fingerprint density at radius 2 is 2.32 bits per heavy atom. The van der Waals surface area contributed by atoms with Crippen LogP contribution in [0.3, 0.4) is 0 Å². The number of amides is 1. The number of aromatic nitrogens is 1. The summed E-state index contributed by atoms with van der Waals surface area (Å²) in [6, 6.07) is 4.89. The lowest BCUT2D eigenvalue weighted by Crippen LogP contribution is -2.15. The third kappa shape index (κ3) is 2.81. The molecule has 2 aromatic rings. The number of halogens is 1. The maximum Gasteiger partial charge on any atom is 0.258 e. The van der Waals surface area contributed by atoms with Gasteiger partial charge in [0, 0.05) is 11.1 Å². The van der Waals surface area contributed by atoms with Crippen molar-refractivity contribution in [2.45, 2.75) is 26.2 Å². The molecule has 1 atom stereocenters. The number of rotatable bonds is 3. The highest BCUT2D eigenvalue weighted by molar-refractivity contribution is 6.32. The maximum atomic E-state index is 12.3. The summed E-state index contributed by atoms with van der Waals surface area (Å²) < 4.78 is 10.4. The lowest BCUT2D eigenvalue weighted by Gasteiger charge is -2.16. The van der Waals surface area contributed by atoms with Crippen molar-refractivity contribution < 1.29 is 14.1 Å². The molecule has 5 nitrogen and oxygen atoms in total. The minimum Gasteiger partial charge on any atom is -0.495 e. The smallest absolute Gasteiger partial charge is 0.258 e. The molecule has 0 bridgehead atoms. The Hall–Kier alpha value is -2.01. The third-order valence-electron chi connectivity index (χ3n) is 3.94. The number of carbonyl (C=O) groups excluding carboxylic acids is 1. The highest BCUT2D eigenvalue weighted by Gasteiger charge is 2.24. The van der Waals surface area contributed by atoms with Gasteiger partial charge in [-0.05, 0) is 43.4 Å². The number of aryl methyl sites for hydroxylation is 1. The van der Waals surface area contributed by atoms with E-state index in [2.05, 4.69) is 17.4 Å². The van der Waals surface area contributed by atoms with Gasteiger partial charge in [0.05, 0.1) is 17.8 Å². The van der Waals surface area contributed by atoms with Gasteiger partial charge >= 0.3 is 0 Å². The molecule has 1 heterocycles. The first-order valence-electron chi connectivity index (χ1n) is 7.20. The molecule has 3 rings (SSSR count). The number of ether oxygens (including phenoxy) is 1. The van der Waals surface area contributed by atoms with Crippen molar-refractivity contribution in [3.63, 3.8) is 0 Å². The zero-order chi connectivity index (χ0) is 15.7. The Morgan fingerprint density at radius 1 is 1.50 bits per heavy atom. The number of carbonyl (C=O) groups is 1. The number of methoxy groups -OCH3 is 1. The zero-order valence-corrected chi connectivity index (χ0v) is 13.2. The van der Waals surface area contributed by atoms with Crippen LogP contribution in [0.25, 0.3) is 0 Å². The van der Waals surface area contributed by atoms with E-state index in [1.165, 1.54) is 7.11 Å². The molecule has 0 spiro atoms. The minimum absolute atomic E-state index is 0.276. The van der Waals surface area contributed by atoms with Crippen molar-refractivity contribution in [2.75, 3.05) is 12.4 Å². The van der Waals surface area contributed by atoms with Gasteiger partial charge in [0.15, 0.2) is 0 Å². The molecule has 0 saturated heterocycles. The van der Waals surface area contributed by atoms with Gasteiger partial charge in [0.25, 0.3) is 5.91 Å². The highest BCUT2D eigenvalue weighted by atomic mass is 35.5. The van der Waals surface area contributed by atoms with E-state index in [-0.39, 0.29) is 5.91 Å². The summed E-state index contributed by atoms with van der Waals surface area (Å²) in [5, 5.41) is 7.22. The van der Waals surface area contributed by atoms with E-state index in [4.69, 9.17) is 20.9 Å². The van der Waals surface area contributed by atoms with Crippen LogP contribution >= 0.6 is 11.6 Å². The van der Waals surface area contributed by atoms with Gasteiger partial charge < -0.3 is 9.26 Å². The van der Waals surface area contributed by atoms with E-state index in [1.54, 1.807) is 18.2 Å². The number of nitrogens with one attached hydrogen (secondary N) is 1. The molecule has 116 valence electrons. The number of nitrogens with zero attached hydrogens (tertiary/aromatic N) is 1. The summed E-state index contributed by atoms with van der Waals surface area (Å²) >= 11 is 6.05. The van der Waals surface area contributed by atoms with Crippen molar-refractivity contribution in [3.05, 3.63) is 40.0 Å². The third-order valence-corrected chi connectivity index (χ3v) is 4.23. The van der Waals surface area contributed by atoms with Crippen molar-refractivity contribution >= 4 is 23.4 Å². The largest absolute Gasteiger partial charge is 0.495 e. The standard InChI is InChI=1S/C16H17ClN2O3/c1-9-3-5-13-11(7-9)16(22-19-13)18-15(20)10-4-6-14(21-2)12(17)8-10/h4,6,8-9H,3,5,7H2,1-2H3,(H,18,20). The summed E-state index contributed by atoms with van der Waals surface area (Å²) in [4.78, 5) is 12.3. The molecular weight excluding hydrogens is 304 g/mol. The Kier molecular flexibility index (Phi) is 4.07. The molecule has 22 heavy (non-hydrogen) atoms. The molecule has 0 fully saturated rings. The van der Waals surface area contributed by atoms with Gasteiger partial charge in [-0.15, -0.1) is 0 Å². The fourth-order valence-corrected chi connectivity index (χ4v) is 2.92. The fourth-order valence-electron chi connectivity index (χ4n) is 2.66. The Labute approximate surface area is 133 Å². The number of anilines is 1. The molecule has 6 heteroatoms. The zero-order valence-electron chi connectivity index (χ0n) is 12.5. The van der Waals surface area contributed by atoms with Gasteiger partial charge in [-0.3, -0.25) is 10.1 Å². The van der Waals surface area contributed by atoms with E-state index in [9.17, 15) is 4.79 Å². The van der Waals surface area contributed by atoms with Crippen molar-refractivity contribution in [1.82, 2.24) is 5.16 Å². The van der Waals surface area contributed by atoms with Crippen LogP contribution in [0.15, 0.2) is 22.7 Å².